The average molecular weight is 212 g/mol. The van der Waals surface area contributed by atoms with Crippen LogP contribution in [0.4, 0.5) is 5.13 Å². The zero-order chi connectivity index (χ0) is 9.80. The van der Waals surface area contributed by atoms with Crippen LogP contribution in [0.25, 0.3) is 0 Å². The standard InChI is InChI=1S/C10H16N2OS/c1-2-4-11-10-12-9(7-14-10)8-3-5-13-6-8/h7-8H,2-6H2,1H3,(H,11,12). The minimum Gasteiger partial charge on any atom is -0.381 e. The summed E-state index contributed by atoms with van der Waals surface area (Å²) < 4.78 is 5.35. The monoisotopic (exact) mass is 212 g/mol. The van der Waals surface area contributed by atoms with Gasteiger partial charge in [0.05, 0.1) is 12.3 Å². The van der Waals surface area contributed by atoms with Crippen LogP contribution in [-0.4, -0.2) is 24.7 Å². The summed E-state index contributed by atoms with van der Waals surface area (Å²) in [7, 11) is 0. The van der Waals surface area contributed by atoms with Crippen molar-refractivity contribution in [1.29, 1.82) is 0 Å². The Morgan fingerprint density at radius 1 is 1.71 bits per heavy atom. The summed E-state index contributed by atoms with van der Waals surface area (Å²) in [6.45, 7) is 4.90. The van der Waals surface area contributed by atoms with Gasteiger partial charge in [-0.05, 0) is 12.8 Å². The minimum atomic E-state index is 0.531. The zero-order valence-corrected chi connectivity index (χ0v) is 9.27. The van der Waals surface area contributed by atoms with Gasteiger partial charge in [0.15, 0.2) is 5.13 Å². The summed E-state index contributed by atoms with van der Waals surface area (Å²) in [6, 6.07) is 0. The van der Waals surface area contributed by atoms with E-state index < -0.39 is 0 Å². The highest BCUT2D eigenvalue weighted by Gasteiger charge is 2.20. The van der Waals surface area contributed by atoms with Crippen molar-refractivity contribution >= 4 is 16.5 Å². The normalized spacial score (nSPS) is 21.4. The molecule has 1 atom stereocenters. The maximum Gasteiger partial charge on any atom is 0.182 e. The highest BCUT2D eigenvalue weighted by molar-refractivity contribution is 7.13. The molecule has 2 rings (SSSR count). The molecule has 3 nitrogen and oxygen atoms in total. The quantitative estimate of drug-likeness (QED) is 0.832. The van der Waals surface area contributed by atoms with Crippen LogP contribution < -0.4 is 5.32 Å². The van der Waals surface area contributed by atoms with Crippen LogP contribution in [0.5, 0.6) is 0 Å². The Kier molecular flexibility index (Phi) is 3.37. The molecule has 1 saturated heterocycles. The SMILES string of the molecule is CCCNc1nc(C2CCOC2)cs1. The molecule has 1 unspecified atom stereocenters. The number of aromatic nitrogens is 1. The van der Waals surface area contributed by atoms with Gasteiger partial charge in [-0.2, -0.15) is 0 Å². The number of nitrogens with one attached hydrogen (secondary N) is 1. The van der Waals surface area contributed by atoms with Crippen LogP contribution in [0.2, 0.25) is 0 Å². The van der Waals surface area contributed by atoms with Crippen molar-refractivity contribution in [3.05, 3.63) is 11.1 Å². The van der Waals surface area contributed by atoms with Gasteiger partial charge in [-0.1, -0.05) is 6.92 Å². The van der Waals surface area contributed by atoms with Gasteiger partial charge in [-0.15, -0.1) is 11.3 Å². The lowest BCUT2D eigenvalue weighted by Crippen LogP contribution is -2.01. The second kappa shape index (κ2) is 4.75. The third-order valence-corrected chi connectivity index (χ3v) is 3.21. The van der Waals surface area contributed by atoms with Gasteiger partial charge in [0.1, 0.15) is 0 Å². The number of thiazole rings is 1. The Morgan fingerprint density at radius 3 is 3.36 bits per heavy atom. The second-order valence-electron chi connectivity index (χ2n) is 3.56. The van der Waals surface area contributed by atoms with Crippen LogP contribution in [-0.2, 0) is 4.74 Å². The fourth-order valence-electron chi connectivity index (χ4n) is 1.55. The predicted octanol–water partition coefficient (Wildman–Crippen LogP) is 2.47. The minimum absolute atomic E-state index is 0.531. The van der Waals surface area contributed by atoms with Gasteiger partial charge in [-0.25, -0.2) is 4.98 Å². The highest BCUT2D eigenvalue weighted by Crippen LogP contribution is 2.27. The summed E-state index contributed by atoms with van der Waals surface area (Å²) in [5.41, 5.74) is 1.20. The molecular weight excluding hydrogens is 196 g/mol. The molecule has 2 heterocycles. The number of ether oxygens (including phenoxy) is 1. The first-order valence-electron chi connectivity index (χ1n) is 5.17. The van der Waals surface area contributed by atoms with E-state index in [2.05, 4.69) is 22.6 Å². The largest absolute Gasteiger partial charge is 0.381 e. The van der Waals surface area contributed by atoms with Crippen LogP contribution in [0.1, 0.15) is 31.4 Å². The maximum atomic E-state index is 5.35. The first-order chi connectivity index (χ1) is 6.90. The van der Waals surface area contributed by atoms with Crippen molar-refractivity contribution in [2.45, 2.75) is 25.7 Å². The van der Waals surface area contributed by atoms with Gasteiger partial charge >= 0.3 is 0 Å². The van der Waals surface area contributed by atoms with Gasteiger partial charge in [0.2, 0.25) is 0 Å². The number of rotatable bonds is 4. The van der Waals surface area contributed by atoms with E-state index in [0.717, 1.165) is 37.7 Å². The predicted molar refractivity (Wildman–Crippen MR) is 59.1 cm³/mol. The lowest BCUT2D eigenvalue weighted by Gasteiger charge is -2.02. The van der Waals surface area contributed by atoms with E-state index in [1.54, 1.807) is 11.3 Å². The number of hydrogen-bond donors (Lipinski definition) is 1. The molecule has 1 aromatic heterocycles. The maximum absolute atomic E-state index is 5.35. The summed E-state index contributed by atoms with van der Waals surface area (Å²) >= 11 is 1.70. The van der Waals surface area contributed by atoms with Crippen LogP contribution >= 0.6 is 11.3 Å². The molecule has 1 fully saturated rings. The van der Waals surface area contributed by atoms with Crippen LogP contribution in [0.15, 0.2) is 5.38 Å². The zero-order valence-electron chi connectivity index (χ0n) is 8.45. The fraction of sp³-hybridized carbons (Fsp3) is 0.700. The van der Waals surface area contributed by atoms with Crippen molar-refractivity contribution < 1.29 is 4.74 Å². The molecule has 1 N–H and O–H groups in total. The molecule has 0 aromatic carbocycles. The van der Waals surface area contributed by atoms with Gasteiger partial charge < -0.3 is 10.1 Å². The molecule has 0 spiro atoms. The molecular formula is C10H16N2OS. The molecule has 1 aliphatic heterocycles. The second-order valence-corrected chi connectivity index (χ2v) is 4.42. The topological polar surface area (TPSA) is 34.2 Å². The van der Waals surface area contributed by atoms with E-state index in [1.165, 1.54) is 5.69 Å². The summed E-state index contributed by atoms with van der Waals surface area (Å²) in [5, 5.41) is 6.50. The summed E-state index contributed by atoms with van der Waals surface area (Å²) in [6.07, 6.45) is 2.26. The molecule has 0 aliphatic carbocycles. The van der Waals surface area contributed by atoms with Crippen molar-refractivity contribution in [2.24, 2.45) is 0 Å². The smallest absolute Gasteiger partial charge is 0.182 e. The van der Waals surface area contributed by atoms with E-state index in [0.29, 0.717) is 5.92 Å². The number of nitrogens with zero attached hydrogens (tertiary/aromatic N) is 1. The van der Waals surface area contributed by atoms with Gasteiger partial charge in [-0.3, -0.25) is 0 Å². The molecule has 78 valence electrons. The van der Waals surface area contributed by atoms with Crippen molar-refractivity contribution in [1.82, 2.24) is 4.98 Å². The molecule has 0 bridgehead atoms. The van der Waals surface area contributed by atoms with E-state index in [1.807, 2.05) is 0 Å². The molecule has 4 heteroatoms. The number of anilines is 1. The summed E-state index contributed by atoms with van der Waals surface area (Å²) in [4.78, 5) is 4.56. The number of hydrogen-bond acceptors (Lipinski definition) is 4. The first-order valence-corrected chi connectivity index (χ1v) is 6.05. The van der Waals surface area contributed by atoms with E-state index in [-0.39, 0.29) is 0 Å². The fourth-order valence-corrected chi connectivity index (χ4v) is 2.38. The Hall–Kier alpha value is -0.610. The van der Waals surface area contributed by atoms with Gasteiger partial charge in [0, 0.05) is 24.4 Å². The Labute approximate surface area is 88.5 Å². The third kappa shape index (κ3) is 2.25. The van der Waals surface area contributed by atoms with E-state index in [9.17, 15) is 0 Å². The van der Waals surface area contributed by atoms with Crippen LogP contribution in [0, 0.1) is 0 Å². The average Bonchev–Trinajstić information content (AvgIpc) is 2.85. The highest BCUT2D eigenvalue weighted by atomic mass is 32.1. The summed E-state index contributed by atoms with van der Waals surface area (Å²) in [5.74, 6) is 0.531. The molecule has 0 radical (unpaired) electrons. The van der Waals surface area contributed by atoms with Crippen molar-refractivity contribution in [3.8, 4) is 0 Å². The lowest BCUT2D eigenvalue weighted by molar-refractivity contribution is 0.193. The molecule has 0 amide bonds. The Balaban J connectivity index is 1.94. The molecule has 1 aromatic rings. The van der Waals surface area contributed by atoms with Crippen LogP contribution in [0.3, 0.4) is 0 Å². The lowest BCUT2D eigenvalue weighted by atomic mass is 10.1. The van der Waals surface area contributed by atoms with Crippen molar-refractivity contribution in [3.63, 3.8) is 0 Å². The molecule has 14 heavy (non-hydrogen) atoms. The van der Waals surface area contributed by atoms with Gasteiger partial charge in [0.25, 0.3) is 0 Å². The van der Waals surface area contributed by atoms with Crippen molar-refractivity contribution in [2.75, 3.05) is 25.1 Å². The Bertz CT molecular complexity index is 281. The van der Waals surface area contributed by atoms with E-state index >= 15 is 0 Å². The molecule has 1 aliphatic rings. The molecule has 0 saturated carbocycles. The first kappa shape index (κ1) is 9.93. The Morgan fingerprint density at radius 2 is 2.64 bits per heavy atom. The van der Waals surface area contributed by atoms with E-state index in [4.69, 9.17) is 4.74 Å². The third-order valence-electron chi connectivity index (χ3n) is 2.40.